The minimum atomic E-state index is -0.233. The molecular weight excluding hydrogens is 296 g/mol. The Labute approximate surface area is 115 Å². The van der Waals surface area contributed by atoms with Gasteiger partial charge in [0, 0.05) is 19.3 Å². The van der Waals surface area contributed by atoms with Gasteiger partial charge in [-0.3, -0.25) is 0 Å². The van der Waals surface area contributed by atoms with Gasteiger partial charge in [-0.25, -0.2) is 4.52 Å². The highest BCUT2D eigenvalue weighted by atomic mass is 79.9. The van der Waals surface area contributed by atoms with Crippen LogP contribution in [0.15, 0.2) is 22.8 Å². The molecule has 0 amide bonds. The van der Waals surface area contributed by atoms with Gasteiger partial charge in [0.25, 0.3) is 0 Å². The van der Waals surface area contributed by atoms with Crippen LogP contribution in [0.2, 0.25) is 0 Å². The molecular formula is C12H17BrN4O. The molecule has 0 unspecified atom stereocenters. The number of nitrogens with one attached hydrogen (secondary N) is 1. The van der Waals surface area contributed by atoms with Crippen LogP contribution in [0.4, 0.5) is 5.95 Å². The Bertz CT molecular complexity index is 538. The molecule has 0 bridgehead atoms. The molecule has 0 aliphatic carbocycles. The maximum Gasteiger partial charge on any atom is 0.243 e. The molecule has 98 valence electrons. The summed E-state index contributed by atoms with van der Waals surface area (Å²) in [4.78, 5) is 4.41. The van der Waals surface area contributed by atoms with Crippen LogP contribution in [0.3, 0.4) is 0 Å². The van der Waals surface area contributed by atoms with Crippen molar-refractivity contribution < 1.29 is 4.74 Å². The second-order valence-electron chi connectivity index (χ2n) is 4.61. The molecule has 0 saturated heterocycles. The first kappa shape index (κ1) is 13.3. The van der Waals surface area contributed by atoms with Gasteiger partial charge >= 0.3 is 0 Å². The molecule has 0 radical (unpaired) electrons. The monoisotopic (exact) mass is 312 g/mol. The molecule has 2 rings (SSSR count). The zero-order valence-electron chi connectivity index (χ0n) is 10.8. The number of halogens is 1. The maximum absolute atomic E-state index is 5.61. The van der Waals surface area contributed by atoms with Gasteiger partial charge in [0.05, 0.1) is 10.1 Å². The molecule has 0 aliphatic rings. The molecule has 0 saturated carbocycles. The lowest BCUT2D eigenvalue weighted by molar-refractivity contribution is 0.000586. The summed E-state index contributed by atoms with van der Waals surface area (Å²) < 4.78 is 8.28. The van der Waals surface area contributed by atoms with Crippen molar-refractivity contribution >= 4 is 27.5 Å². The Balaban J connectivity index is 2.11. The average Bonchev–Trinajstić information content (AvgIpc) is 2.71. The van der Waals surface area contributed by atoms with Crippen molar-refractivity contribution in [2.45, 2.75) is 26.4 Å². The van der Waals surface area contributed by atoms with E-state index in [1.165, 1.54) is 0 Å². The third kappa shape index (κ3) is 3.00. The van der Waals surface area contributed by atoms with E-state index in [0.717, 1.165) is 10.1 Å². The van der Waals surface area contributed by atoms with E-state index in [1.807, 2.05) is 39.1 Å². The van der Waals surface area contributed by atoms with Crippen LogP contribution < -0.4 is 5.32 Å². The van der Waals surface area contributed by atoms with Gasteiger partial charge in [0.2, 0.25) is 5.95 Å². The van der Waals surface area contributed by atoms with Gasteiger partial charge in [-0.15, -0.1) is 5.10 Å². The average molecular weight is 313 g/mol. The summed E-state index contributed by atoms with van der Waals surface area (Å²) in [5.74, 6) is 0.606. The predicted molar refractivity (Wildman–Crippen MR) is 74.9 cm³/mol. The molecule has 0 fully saturated rings. The van der Waals surface area contributed by atoms with Crippen LogP contribution in [-0.4, -0.2) is 33.4 Å². The van der Waals surface area contributed by atoms with Crippen molar-refractivity contribution in [2.75, 3.05) is 18.5 Å². The van der Waals surface area contributed by atoms with E-state index in [2.05, 4.69) is 31.3 Å². The van der Waals surface area contributed by atoms with Crippen LogP contribution in [0.25, 0.3) is 5.65 Å². The molecule has 0 aliphatic heterocycles. The van der Waals surface area contributed by atoms with Crippen molar-refractivity contribution in [3.8, 4) is 0 Å². The largest absolute Gasteiger partial charge is 0.374 e. The molecule has 5 nitrogen and oxygen atoms in total. The number of rotatable bonds is 5. The number of nitrogens with zero attached hydrogens (tertiary/aromatic N) is 3. The van der Waals surface area contributed by atoms with E-state index >= 15 is 0 Å². The van der Waals surface area contributed by atoms with Crippen LogP contribution in [-0.2, 0) is 4.74 Å². The number of fused-ring (bicyclic) bond motifs is 1. The second-order valence-corrected chi connectivity index (χ2v) is 5.46. The molecule has 0 atom stereocenters. The Morgan fingerprint density at radius 3 is 2.94 bits per heavy atom. The minimum Gasteiger partial charge on any atom is -0.374 e. The predicted octanol–water partition coefficient (Wildman–Crippen LogP) is 2.72. The van der Waals surface area contributed by atoms with Crippen LogP contribution in [0, 0.1) is 0 Å². The fourth-order valence-corrected chi connectivity index (χ4v) is 2.11. The lowest BCUT2D eigenvalue weighted by Crippen LogP contribution is -2.33. The van der Waals surface area contributed by atoms with Gasteiger partial charge in [-0.2, -0.15) is 4.98 Å². The molecule has 0 aromatic carbocycles. The normalized spacial score (nSPS) is 12.0. The number of hydrogen-bond acceptors (Lipinski definition) is 4. The zero-order chi connectivity index (χ0) is 13.2. The van der Waals surface area contributed by atoms with E-state index in [1.54, 1.807) is 4.52 Å². The zero-order valence-corrected chi connectivity index (χ0v) is 12.4. The first-order valence-corrected chi connectivity index (χ1v) is 6.70. The van der Waals surface area contributed by atoms with Crippen molar-refractivity contribution in [2.24, 2.45) is 0 Å². The number of aromatic nitrogens is 3. The van der Waals surface area contributed by atoms with Crippen molar-refractivity contribution in [3.05, 3.63) is 22.8 Å². The summed E-state index contributed by atoms with van der Waals surface area (Å²) in [5, 5.41) is 7.54. The SMILES string of the molecule is CCOC(C)(C)CNc1nc2c(Br)cccn2n1. The molecule has 18 heavy (non-hydrogen) atoms. The first-order valence-electron chi connectivity index (χ1n) is 5.90. The Kier molecular flexibility index (Phi) is 3.87. The molecule has 1 N–H and O–H groups in total. The van der Waals surface area contributed by atoms with Gasteiger partial charge < -0.3 is 10.1 Å². The number of ether oxygens (including phenoxy) is 1. The molecule has 6 heteroatoms. The topological polar surface area (TPSA) is 51.5 Å². The van der Waals surface area contributed by atoms with E-state index in [-0.39, 0.29) is 5.60 Å². The van der Waals surface area contributed by atoms with Gasteiger partial charge in [-0.05, 0) is 48.8 Å². The van der Waals surface area contributed by atoms with E-state index < -0.39 is 0 Å². The molecule has 2 aromatic heterocycles. The van der Waals surface area contributed by atoms with E-state index in [9.17, 15) is 0 Å². The fraction of sp³-hybridized carbons (Fsp3) is 0.500. The molecule has 2 aromatic rings. The van der Waals surface area contributed by atoms with Crippen LogP contribution >= 0.6 is 15.9 Å². The van der Waals surface area contributed by atoms with E-state index in [0.29, 0.717) is 19.1 Å². The first-order chi connectivity index (χ1) is 8.52. The Hall–Kier alpha value is -1.14. The summed E-state index contributed by atoms with van der Waals surface area (Å²) in [5.41, 5.74) is 0.568. The lowest BCUT2D eigenvalue weighted by Gasteiger charge is -2.24. The maximum atomic E-state index is 5.61. The highest BCUT2D eigenvalue weighted by Crippen LogP contribution is 2.17. The summed E-state index contributed by atoms with van der Waals surface area (Å²) in [6, 6.07) is 3.86. The fourth-order valence-electron chi connectivity index (χ4n) is 1.68. The molecule has 2 heterocycles. The number of anilines is 1. The quantitative estimate of drug-likeness (QED) is 0.922. The van der Waals surface area contributed by atoms with Crippen molar-refractivity contribution in [3.63, 3.8) is 0 Å². The van der Waals surface area contributed by atoms with Gasteiger partial charge in [-0.1, -0.05) is 0 Å². The smallest absolute Gasteiger partial charge is 0.243 e. The molecule has 0 spiro atoms. The standard InChI is InChI=1S/C12H17BrN4O/c1-4-18-12(2,3)8-14-11-15-10-9(13)6-5-7-17(10)16-11/h5-7H,4,8H2,1-3H3,(H,14,16). The van der Waals surface area contributed by atoms with Crippen molar-refractivity contribution in [1.82, 2.24) is 14.6 Å². The number of pyridine rings is 1. The second kappa shape index (κ2) is 5.24. The Morgan fingerprint density at radius 2 is 2.28 bits per heavy atom. The van der Waals surface area contributed by atoms with Crippen LogP contribution in [0.1, 0.15) is 20.8 Å². The third-order valence-corrected chi connectivity index (χ3v) is 3.14. The van der Waals surface area contributed by atoms with Gasteiger partial charge in [0.1, 0.15) is 0 Å². The van der Waals surface area contributed by atoms with Crippen LogP contribution in [0.5, 0.6) is 0 Å². The summed E-state index contributed by atoms with van der Waals surface area (Å²) in [6.07, 6.45) is 1.87. The van der Waals surface area contributed by atoms with Crippen molar-refractivity contribution in [1.29, 1.82) is 0 Å². The minimum absolute atomic E-state index is 0.233. The number of hydrogen-bond donors (Lipinski definition) is 1. The Morgan fingerprint density at radius 1 is 1.50 bits per heavy atom. The summed E-state index contributed by atoms with van der Waals surface area (Å²) in [7, 11) is 0. The lowest BCUT2D eigenvalue weighted by atomic mass is 10.1. The highest BCUT2D eigenvalue weighted by Gasteiger charge is 2.18. The summed E-state index contributed by atoms with van der Waals surface area (Å²) >= 11 is 3.45. The van der Waals surface area contributed by atoms with Gasteiger partial charge in [0.15, 0.2) is 5.65 Å². The summed E-state index contributed by atoms with van der Waals surface area (Å²) in [6.45, 7) is 7.42. The third-order valence-electron chi connectivity index (χ3n) is 2.52. The highest BCUT2D eigenvalue weighted by molar-refractivity contribution is 9.10. The van der Waals surface area contributed by atoms with E-state index in [4.69, 9.17) is 4.74 Å².